The van der Waals surface area contributed by atoms with Crippen molar-refractivity contribution in [2.45, 2.75) is 59.9 Å². The summed E-state index contributed by atoms with van der Waals surface area (Å²) in [4.78, 5) is 40.4. The van der Waals surface area contributed by atoms with E-state index in [1.54, 1.807) is 0 Å². The number of nitrogens with one attached hydrogen (secondary N) is 1. The molecule has 0 saturated heterocycles. The molecule has 130 valence electrons. The normalized spacial score (nSPS) is 11.0. The molecule has 0 aliphatic carbocycles. The first-order chi connectivity index (χ1) is 10.8. The van der Waals surface area contributed by atoms with Gasteiger partial charge in [0.2, 0.25) is 5.91 Å². The molecule has 7 nitrogen and oxygen atoms in total. The van der Waals surface area contributed by atoms with Crippen LogP contribution in [0.25, 0.3) is 0 Å². The number of nitrogens with zero attached hydrogens (tertiary/aromatic N) is 2. The quantitative estimate of drug-likeness (QED) is 0.760. The van der Waals surface area contributed by atoms with E-state index in [0.29, 0.717) is 25.9 Å². The molecule has 0 radical (unpaired) electrons. The van der Waals surface area contributed by atoms with E-state index in [0.717, 1.165) is 12.8 Å². The fourth-order valence-corrected chi connectivity index (χ4v) is 2.42. The number of unbranched alkanes of at least 4 members (excludes halogenated alkanes) is 1. The van der Waals surface area contributed by atoms with Crippen molar-refractivity contribution in [1.29, 1.82) is 0 Å². The number of nitrogens with two attached hydrogens (primary N) is 1. The van der Waals surface area contributed by atoms with Crippen LogP contribution >= 0.6 is 0 Å². The highest BCUT2D eigenvalue weighted by molar-refractivity contribution is 5.95. The summed E-state index contributed by atoms with van der Waals surface area (Å²) in [5.74, 6) is 0.0923. The van der Waals surface area contributed by atoms with Crippen molar-refractivity contribution < 1.29 is 4.79 Å². The van der Waals surface area contributed by atoms with Crippen LogP contribution in [0.4, 0.5) is 11.5 Å². The summed E-state index contributed by atoms with van der Waals surface area (Å²) < 4.78 is 1.32. The Balaban J connectivity index is 3.40. The molecule has 23 heavy (non-hydrogen) atoms. The topological polar surface area (TPSA) is 101 Å². The van der Waals surface area contributed by atoms with Crippen LogP contribution in [0.2, 0.25) is 0 Å². The molecule has 0 fully saturated rings. The molecule has 3 N–H and O–H groups in total. The largest absolute Gasteiger partial charge is 0.383 e. The summed E-state index contributed by atoms with van der Waals surface area (Å²) in [7, 11) is 0. The van der Waals surface area contributed by atoms with Gasteiger partial charge in [-0.2, -0.15) is 0 Å². The van der Waals surface area contributed by atoms with Crippen LogP contribution in [-0.2, 0) is 11.3 Å². The van der Waals surface area contributed by atoms with E-state index in [1.807, 2.05) is 27.7 Å². The molecule has 1 aromatic rings. The summed E-state index contributed by atoms with van der Waals surface area (Å²) in [6.07, 6.45) is 2.67. The summed E-state index contributed by atoms with van der Waals surface area (Å²) in [6.45, 7) is 8.63. The zero-order chi connectivity index (χ0) is 17.6. The fraction of sp³-hybridized carbons (Fsp3) is 0.688. The van der Waals surface area contributed by atoms with Gasteiger partial charge in [0.15, 0.2) is 5.69 Å². The molecule has 0 unspecified atom stereocenters. The van der Waals surface area contributed by atoms with Crippen molar-refractivity contribution >= 4 is 17.4 Å². The SMILES string of the molecule is CCCCN(C(=O)CC(C)C)c1c(N)n(CCC)c(=O)[nH]c1=O. The number of carbonyl (C=O) groups is 1. The Bertz CT molecular complexity index is 646. The lowest BCUT2D eigenvalue weighted by Gasteiger charge is -2.25. The third-order valence-corrected chi connectivity index (χ3v) is 3.55. The highest BCUT2D eigenvalue weighted by atomic mass is 16.2. The van der Waals surface area contributed by atoms with E-state index >= 15 is 0 Å². The molecule has 1 amide bonds. The van der Waals surface area contributed by atoms with Gasteiger partial charge < -0.3 is 10.6 Å². The highest BCUT2D eigenvalue weighted by Gasteiger charge is 2.24. The third kappa shape index (κ3) is 4.71. The van der Waals surface area contributed by atoms with Crippen LogP contribution in [0.15, 0.2) is 9.59 Å². The summed E-state index contributed by atoms with van der Waals surface area (Å²) >= 11 is 0. The number of aromatic amines is 1. The maximum absolute atomic E-state index is 12.5. The van der Waals surface area contributed by atoms with Gasteiger partial charge in [0.1, 0.15) is 5.82 Å². The number of hydrogen-bond acceptors (Lipinski definition) is 4. The molecular weight excluding hydrogens is 296 g/mol. The van der Waals surface area contributed by atoms with Gasteiger partial charge in [-0.1, -0.05) is 34.1 Å². The third-order valence-electron chi connectivity index (χ3n) is 3.55. The maximum Gasteiger partial charge on any atom is 0.330 e. The molecule has 0 spiro atoms. The van der Waals surface area contributed by atoms with E-state index < -0.39 is 11.2 Å². The maximum atomic E-state index is 12.5. The lowest BCUT2D eigenvalue weighted by Crippen LogP contribution is -2.42. The van der Waals surface area contributed by atoms with Crippen molar-refractivity contribution in [3.63, 3.8) is 0 Å². The Morgan fingerprint density at radius 3 is 2.43 bits per heavy atom. The van der Waals surface area contributed by atoms with E-state index in [2.05, 4.69) is 4.98 Å². The van der Waals surface area contributed by atoms with Crippen LogP contribution in [0.3, 0.4) is 0 Å². The molecule has 1 heterocycles. The second-order valence-corrected chi connectivity index (χ2v) is 6.14. The zero-order valence-corrected chi connectivity index (χ0v) is 14.5. The van der Waals surface area contributed by atoms with Gasteiger partial charge in [0, 0.05) is 19.5 Å². The number of hydrogen-bond donors (Lipinski definition) is 2. The Morgan fingerprint density at radius 1 is 1.26 bits per heavy atom. The van der Waals surface area contributed by atoms with Crippen LogP contribution in [-0.4, -0.2) is 22.0 Å². The van der Waals surface area contributed by atoms with Crippen molar-refractivity contribution in [2.24, 2.45) is 5.92 Å². The Morgan fingerprint density at radius 2 is 1.91 bits per heavy atom. The first kappa shape index (κ1) is 19.0. The molecule has 7 heteroatoms. The lowest BCUT2D eigenvalue weighted by molar-refractivity contribution is -0.119. The van der Waals surface area contributed by atoms with E-state index in [9.17, 15) is 14.4 Å². The van der Waals surface area contributed by atoms with Crippen molar-refractivity contribution in [3.8, 4) is 0 Å². The average molecular weight is 324 g/mol. The molecule has 1 rings (SSSR count). The number of rotatable bonds is 8. The Labute approximate surface area is 136 Å². The predicted molar refractivity (Wildman–Crippen MR) is 92.7 cm³/mol. The number of carbonyl (C=O) groups excluding carboxylic acids is 1. The number of nitrogen functional groups attached to an aromatic ring is 1. The van der Waals surface area contributed by atoms with Crippen LogP contribution in [0.5, 0.6) is 0 Å². The van der Waals surface area contributed by atoms with Gasteiger partial charge in [-0.15, -0.1) is 0 Å². The minimum Gasteiger partial charge on any atom is -0.383 e. The first-order valence-corrected chi connectivity index (χ1v) is 8.26. The Kier molecular flexibility index (Phi) is 7.06. The molecule has 0 bridgehead atoms. The second-order valence-electron chi connectivity index (χ2n) is 6.14. The van der Waals surface area contributed by atoms with Gasteiger partial charge >= 0.3 is 5.69 Å². The summed E-state index contributed by atoms with van der Waals surface area (Å²) in [6, 6.07) is 0. The molecule has 0 aliphatic rings. The number of anilines is 2. The average Bonchev–Trinajstić information content (AvgIpc) is 2.45. The van der Waals surface area contributed by atoms with Gasteiger partial charge in [-0.25, -0.2) is 4.79 Å². The minimum absolute atomic E-state index is 0.0637. The molecule has 0 saturated carbocycles. The summed E-state index contributed by atoms with van der Waals surface area (Å²) in [5.41, 5.74) is 5.02. The van der Waals surface area contributed by atoms with Crippen LogP contribution in [0.1, 0.15) is 53.4 Å². The van der Waals surface area contributed by atoms with Crippen molar-refractivity contribution in [2.75, 3.05) is 17.2 Å². The predicted octanol–water partition coefficient (Wildman–Crippen LogP) is 1.71. The number of amides is 1. The van der Waals surface area contributed by atoms with E-state index in [4.69, 9.17) is 5.73 Å². The van der Waals surface area contributed by atoms with Crippen molar-refractivity contribution in [3.05, 3.63) is 20.8 Å². The van der Waals surface area contributed by atoms with E-state index in [1.165, 1.54) is 9.47 Å². The molecule has 0 aromatic carbocycles. The molecule has 0 atom stereocenters. The highest BCUT2D eigenvalue weighted by Crippen LogP contribution is 2.19. The van der Waals surface area contributed by atoms with E-state index in [-0.39, 0.29) is 23.3 Å². The lowest BCUT2D eigenvalue weighted by atomic mass is 10.1. The smallest absolute Gasteiger partial charge is 0.330 e. The Hall–Kier alpha value is -2.05. The molecule has 1 aromatic heterocycles. The minimum atomic E-state index is -0.604. The van der Waals surface area contributed by atoms with Gasteiger partial charge in [-0.05, 0) is 18.8 Å². The summed E-state index contributed by atoms with van der Waals surface area (Å²) in [5, 5.41) is 0. The monoisotopic (exact) mass is 324 g/mol. The number of H-pyrrole nitrogens is 1. The number of aromatic nitrogens is 2. The van der Waals surface area contributed by atoms with Gasteiger partial charge in [0.25, 0.3) is 5.56 Å². The van der Waals surface area contributed by atoms with Gasteiger partial charge in [-0.3, -0.25) is 19.1 Å². The molecule has 0 aliphatic heterocycles. The fourth-order valence-electron chi connectivity index (χ4n) is 2.42. The van der Waals surface area contributed by atoms with Crippen LogP contribution in [0, 0.1) is 5.92 Å². The zero-order valence-electron chi connectivity index (χ0n) is 14.5. The van der Waals surface area contributed by atoms with Crippen molar-refractivity contribution in [1.82, 2.24) is 9.55 Å². The standard InChI is InChI=1S/C16H28N4O3/c1-5-7-9-19(12(21)10-11(3)4)13-14(17)20(8-6-2)16(23)18-15(13)22/h11H,5-10,17H2,1-4H3,(H,18,22,23). The van der Waals surface area contributed by atoms with Gasteiger partial charge in [0.05, 0.1) is 0 Å². The molecular formula is C16H28N4O3. The second kappa shape index (κ2) is 8.55. The first-order valence-electron chi connectivity index (χ1n) is 8.26. The van der Waals surface area contributed by atoms with Crippen LogP contribution < -0.4 is 21.9 Å².